The molecule has 0 aliphatic rings. The van der Waals surface area contributed by atoms with Crippen molar-refractivity contribution in [2.45, 2.75) is 27.2 Å². The Morgan fingerprint density at radius 2 is 1.35 bits per heavy atom. The zero-order valence-corrected chi connectivity index (χ0v) is 15.3. The van der Waals surface area contributed by atoms with Crippen molar-refractivity contribution >= 4 is 5.82 Å². The van der Waals surface area contributed by atoms with Gasteiger partial charge in [0, 0.05) is 18.2 Å². The normalized spacial score (nSPS) is 10.8. The third kappa shape index (κ3) is 3.29. The van der Waals surface area contributed by atoms with E-state index < -0.39 is 0 Å². The van der Waals surface area contributed by atoms with Crippen LogP contribution < -0.4 is 5.32 Å². The van der Waals surface area contributed by atoms with E-state index in [2.05, 4.69) is 5.32 Å². The van der Waals surface area contributed by atoms with Crippen molar-refractivity contribution < 1.29 is 8.78 Å². The molecule has 2 aromatic carbocycles. The second-order valence-electron chi connectivity index (χ2n) is 6.25. The summed E-state index contributed by atoms with van der Waals surface area (Å²) >= 11 is 0. The van der Waals surface area contributed by atoms with E-state index in [-0.39, 0.29) is 11.6 Å². The van der Waals surface area contributed by atoms with Crippen LogP contribution in [0.4, 0.5) is 14.6 Å². The molecule has 0 spiro atoms. The molecule has 0 bridgehead atoms. The Kier molecular flexibility index (Phi) is 4.98. The third-order valence-corrected chi connectivity index (χ3v) is 4.40. The van der Waals surface area contributed by atoms with Crippen molar-refractivity contribution in [2.75, 3.05) is 12.4 Å². The first kappa shape index (κ1) is 18.0. The van der Waals surface area contributed by atoms with Crippen molar-refractivity contribution in [2.24, 2.45) is 0 Å². The molecular formula is C21H21F2N3. The van der Waals surface area contributed by atoms with Crippen LogP contribution in [0.3, 0.4) is 0 Å². The average Bonchev–Trinajstić information content (AvgIpc) is 2.65. The first-order chi connectivity index (χ1) is 12.4. The molecule has 26 heavy (non-hydrogen) atoms. The minimum atomic E-state index is -0.264. The van der Waals surface area contributed by atoms with Crippen molar-refractivity contribution in [3.05, 3.63) is 64.9 Å². The first-order valence-corrected chi connectivity index (χ1v) is 8.56. The van der Waals surface area contributed by atoms with Gasteiger partial charge in [-0.15, -0.1) is 0 Å². The molecule has 3 aromatic rings. The number of aryl methyl sites for hydroxylation is 3. The van der Waals surface area contributed by atoms with Gasteiger partial charge in [0.2, 0.25) is 0 Å². The smallest absolute Gasteiger partial charge is 0.148 e. The molecule has 5 heteroatoms. The first-order valence-electron chi connectivity index (χ1n) is 8.56. The number of nitrogens with zero attached hydrogens (tertiary/aromatic N) is 2. The van der Waals surface area contributed by atoms with Crippen LogP contribution >= 0.6 is 0 Å². The lowest BCUT2D eigenvalue weighted by Crippen LogP contribution is -2.05. The molecule has 3 nitrogen and oxygen atoms in total. The topological polar surface area (TPSA) is 37.8 Å². The molecule has 0 radical (unpaired) electrons. The fraction of sp³-hybridized carbons (Fsp3) is 0.238. The van der Waals surface area contributed by atoms with Gasteiger partial charge in [-0.2, -0.15) is 0 Å². The summed E-state index contributed by atoms with van der Waals surface area (Å²) in [6, 6.07) is 9.77. The molecular weight excluding hydrogens is 332 g/mol. The minimum Gasteiger partial charge on any atom is -0.372 e. The molecule has 0 saturated carbocycles. The van der Waals surface area contributed by atoms with Gasteiger partial charge in [-0.3, -0.25) is 0 Å². The van der Waals surface area contributed by atoms with Gasteiger partial charge in [-0.1, -0.05) is 6.92 Å². The Hall–Kier alpha value is -2.82. The molecule has 0 atom stereocenters. The van der Waals surface area contributed by atoms with E-state index in [0.29, 0.717) is 34.8 Å². The minimum absolute atomic E-state index is 0.261. The fourth-order valence-corrected chi connectivity index (χ4v) is 2.90. The molecule has 0 unspecified atom stereocenters. The predicted octanol–water partition coefficient (Wildman–Crippen LogP) is 5.31. The number of halogens is 2. The highest BCUT2D eigenvalue weighted by atomic mass is 19.1. The van der Waals surface area contributed by atoms with E-state index in [1.165, 1.54) is 12.1 Å². The Morgan fingerprint density at radius 3 is 1.77 bits per heavy atom. The van der Waals surface area contributed by atoms with Gasteiger partial charge in [-0.05, 0) is 67.8 Å². The zero-order chi connectivity index (χ0) is 18.8. The van der Waals surface area contributed by atoms with E-state index in [1.54, 1.807) is 45.2 Å². The maximum Gasteiger partial charge on any atom is 0.148 e. The summed E-state index contributed by atoms with van der Waals surface area (Å²) in [5.74, 6) is 0.162. The molecule has 0 fully saturated rings. The molecule has 0 aliphatic heterocycles. The second-order valence-corrected chi connectivity index (χ2v) is 6.25. The maximum absolute atomic E-state index is 13.7. The highest BCUT2D eigenvalue weighted by molar-refractivity contribution is 5.80. The van der Waals surface area contributed by atoms with Gasteiger partial charge in [0.05, 0.1) is 17.1 Å². The SMILES string of the molecule is CCc1nc(-c2ccc(F)c(C)c2)c(-c2ccc(F)c(C)c2)nc1NC. The van der Waals surface area contributed by atoms with Crippen molar-refractivity contribution in [3.8, 4) is 22.5 Å². The van der Waals surface area contributed by atoms with Crippen LogP contribution in [-0.2, 0) is 6.42 Å². The lowest BCUT2D eigenvalue weighted by Gasteiger charge is -2.15. The summed E-state index contributed by atoms with van der Waals surface area (Å²) in [6.45, 7) is 5.44. The number of hydrogen-bond donors (Lipinski definition) is 1. The summed E-state index contributed by atoms with van der Waals surface area (Å²) < 4.78 is 27.4. The van der Waals surface area contributed by atoms with Crippen LogP contribution in [-0.4, -0.2) is 17.0 Å². The van der Waals surface area contributed by atoms with E-state index in [1.807, 2.05) is 6.92 Å². The molecule has 3 rings (SSSR count). The van der Waals surface area contributed by atoms with Crippen LogP contribution in [0.1, 0.15) is 23.7 Å². The Bertz CT molecular complexity index is 889. The van der Waals surface area contributed by atoms with Crippen LogP contribution in [0.25, 0.3) is 22.5 Å². The molecule has 1 heterocycles. The quantitative estimate of drug-likeness (QED) is 0.691. The van der Waals surface area contributed by atoms with E-state index in [4.69, 9.17) is 9.97 Å². The van der Waals surface area contributed by atoms with Crippen LogP contribution in [0, 0.1) is 25.5 Å². The van der Waals surface area contributed by atoms with Crippen LogP contribution in [0.2, 0.25) is 0 Å². The fourth-order valence-electron chi connectivity index (χ4n) is 2.90. The van der Waals surface area contributed by atoms with Gasteiger partial charge in [-0.25, -0.2) is 18.7 Å². The summed E-state index contributed by atoms with van der Waals surface area (Å²) in [5, 5.41) is 3.07. The summed E-state index contributed by atoms with van der Waals surface area (Å²) in [7, 11) is 1.80. The van der Waals surface area contributed by atoms with Crippen molar-refractivity contribution in [3.63, 3.8) is 0 Å². The summed E-state index contributed by atoms with van der Waals surface area (Å²) in [5.41, 5.74) is 4.76. The number of anilines is 1. The highest BCUT2D eigenvalue weighted by Gasteiger charge is 2.17. The third-order valence-electron chi connectivity index (χ3n) is 4.40. The molecule has 0 saturated heterocycles. The maximum atomic E-state index is 13.7. The molecule has 1 aromatic heterocycles. The molecule has 0 aliphatic carbocycles. The van der Waals surface area contributed by atoms with Gasteiger partial charge in [0.1, 0.15) is 17.5 Å². The highest BCUT2D eigenvalue weighted by Crippen LogP contribution is 2.33. The Labute approximate surface area is 152 Å². The van der Waals surface area contributed by atoms with Crippen molar-refractivity contribution in [1.82, 2.24) is 9.97 Å². The Balaban J connectivity index is 2.29. The predicted molar refractivity (Wildman–Crippen MR) is 101 cm³/mol. The van der Waals surface area contributed by atoms with Crippen LogP contribution in [0.15, 0.2) is 36.4 Å². The number of nitrogens with one attached hydrogen (secondary N) is 1. The van der Waals surface area contributed by atoms with Gasteiger partial charge in [0.15, 0.2) is 0 Å². The second kappa shape index (κ2) is 7.20. The zero-order valence-electron chi connectivity index (χ0n) is 15.3. The van der Waals surface area contributed by atoms with Gasteiger partial charge in [0.25, 0.3) is 0 Å². The molecule has 1 N–H and O–H groups in total. The van der Waals surface area contributed by atoms with Gasteiger partial charge >= 0.3 is 0 Å². The summed E-state index contributed by atoms with van der Waals surface area (Å²) in [4.78, 5) is 9.53. The number of aromatic nitrogens is 2. The largest absolute Gasteiger partial charge is 0.372 e. The lowest BCUT2D eigenvalue weighted by molar-refractivity contribution is 0.618. The standard InChI is InChI=1S/C21H21F2N3/c1-5-18-21(24-4)26-20(15-7-9-17(23)13(3)11-15)19(25-18)14-6-8-16(22)12(2)10-14/h6-11H,5H2,1-4H3,(H,24,26). The number of benzene rings is 2. The summed E-state index contributed by atoms with van der Waals surface area (Å²) in [6.07, 6.45) is 0.707. The van der Waals surface area contributed by atoms with Gasteiger partial charge < -0.3 is 5.32 Å². The van der Waals surface area contributed by atoms with Crippen molar-refractivity contribution in [1.29, 1.82) is 0 Å². The van der Waals surface area contributed by atoms with E-state index in [0.717, 1.165) is 16.8 Å². The average molecular weight is 353 g/mol. The van der Waals surface area contributed by atoms with Crippen LogP contribution in [0.5, 0.6) is 0 Å². The molecule has 0 amide bonds. The number of rotatable bonds is 4. The lowest BCUT2D eigenvalue weighted by atomic mass is 10.0. The van der Waals surface area contributed by atoms with E-state index in [9.17, 15) is 8.78 Å². The monoisotopic (exact) mass is 353 g/mol. The Morgan fingerprint density at radius 1 is 0.846 bits per heavy atom. The van der Waals surface area contributed by atoms with E-state index >= 15 is 0 Å². The molecule has 134 valence electrons. The number of hydrogen-bond acceptors (Lipinski definition) is 3.